The molecule has 2 N–H and O–H groups in total. The Morgan fingerprint density at radius 3 is 2.67 bits per heavy atom. The molecule has 3 nitrogen and oxygen atoms in total. The molecule has 1 atom stereocenters. The lowest BCUT2D eigenvalue weighted by molar-refractivity contribution is 0.106. The van der Waals surface area contributed by atoms with Crippen LogP contribution in [0.1, 0.15) is 5.56 Å². The fourth-order valence-electron chi connectivity index (χ4n) is 1.95. The quantitative estimate of drug-likeness (QED) is 0.719. The van der Waals surface area contributed by atoms with E-state index in [0.29, 0.717) is 6.54 Å². The molecule has 2 aromatic carbocycles. The Labute approximate surface area is 134 Å². The van der Waals surface area contributed by atoms with Crippen LogP contribution in [0.25, 0.3) is 0 Å². The van der Waals surface area contributed by atoms with Crippen molar-refractivity contribution in [2.24, 2.45) is 0 Å². The molecule has 0 fully saturated rings. The molecule has 0 saturated heterocycles. The smallest absolute Gasteiger partial charge is 0.120 e. The predicted octanol–water partition coefficient (Wildman–Crippen LogP) is 3.02. The standard InChI is InChI=1S/C17H20BrNO2/c18-15-7-4-8-17(11-15)21-13-16(20)12-19-10-9-14-5-2-1-3-6-14/h1-8,11,16,19-20H,9-10,12-13H2. The molecule has 4 heteroatoms. The normalized spacial score (nSPS) is 12.1. The lowest BCUT2D eigenvalue weighted by Gasteiger charge is -2.13. The average Bonchev–Trinajstić information content (AvgIpc) is 2.51. The van der Waals surface area contributed by atoms with E-state index in [1.54, 1.807) is 0 Å². The second-order valence-corrected chi connectivity index (χ2v) is 5.78. The molecule has 112 valence electrons. The summed E-state index contributed by atoms with van der Waals surface area (Å²) in [6.07, 6.45) is 0.444. The molecule has 0 aliphatic heterocycles. The van der Waals surface area contributed by atoms with Crippen molar-refractivity contribution in [3.05, 3.63) is 64.6 Å². The lowest BCUT2D eigenvalue weighted by Crippen LogP contribution is -2.32. The van der Waals surface area contributed by atoms with Crippen LogP contribution in [0.2, 0.25) is 0 Å². The van der Waals surface area contributed by atoms with Gasteiger partial charge in [-0.3, -0.25) is 0 Å². The van der Waals surface area contributed by atoms with Gasteiger partial charge in [0, 0.05) is 11.0 Å². The van der Waals surface area contributed by atoms with E-state index in [2.05, 4.69) is 33.4 Å². The van der Waals surface area contributed by atoms with E-state index < -0.39 is 6.10 Å². The summed E-state index contributed by atoms with van der Waals surface area (Å²) in [5.74, 6) is 0.757. The van der Waals surface area contributed by atoms with Crippen molar-refractivity contribution in [1.82, 2.24) is 5.32 Å². The highest BCUT2D eigenvalue weighted by molar-refractivity contribution is 9.10. The van der Waals surface area contributed by atoms with E-state index in [0.717, 1.165) is 23.2 Å². The molecule has 0 saturated carbocycles. The SMILES string of the molecule is OC(CNCCc1ccccc1)COc1cccc(Br)c1. The number of hydrogen-bond acceptors (Lipinski definition) is 3. The lowest BCUT2D eigenvalue weighted by atomic mass is 10.1. The van der Waals surface area contributed by atoms with Crippen molar-refractivity contribution in [3.63, 3.8) is 0 Å². The van der Waals surface area contributed by atoms with Crippen molar-refractivity contribution < 1.29 is 9.84 Å². The number of hydrogen-bond donors (Lipinski definition) is 2. The van der Waals surface area contributed by atoms with Gasteiger partial charge in [0.25, 0.3) is 0 Å². The molecule has 0 amide bonds. The van der Waals surface area contributed by atoms with Gasteiger partial charge in [-0.05, 0) is 36.7 Å². The highest BCUT2D eigenvalue weighted by atomic mass is 79.9. The Morgan fingerprint density at radius 2 is 1.90 bits per heavy atom. The summed E-state index contributed by atoms with van der Waals surface area (Å²) < 4.78 is 6.51. The molecule has 0 aliphatic rings. The van der Waals surface area contributed by atoms with Gasteiger partial charge in [-0.1, -0.05) is 52.3 Å². The van der Waals surface area contributed by atoms with Crippen LogP contribution >= 0.6 is 15.9 Å². The van der Waals surface area contributed by atoms with Crippen molar-refractivity contribution in [2.75, 3.05) is 19.7 Å². The third-order valence-electron chi connectivity index (χ3n) is 3.05. The Hall–Kier alpha value is -1.36. The minimum atomic E-state index is -0.514. The average molecular weight is 350 g/mol. The van der Waals surface area contributed by atoms with Gasteiger partial charge in [0.2, 0.25) is 0 Å². The highest BCUT2D eigenvalue weighted by Crippen LogP contribution is 2.17. The molecule has 0 bridgehead atoms. The second kappa shape index (κ2) is 8.82. The van der Waals surface area contributed by atoms with Crippen LogP contribution in [0.3, 0.4) is 0 Å². The Morgan fingerprint density at radius 1 is 1.10 bits per heavy atom. The Balaban J connectivity index is 1.60. The van der Waals surface area contributed by atoms with Crippen LogP contribution in [0, 0.1) is 0 Å². The Bertz CT molecular complexity index is 533. The summed E-state index contributed by atoms with van der Waals surface area (Å²) in [7, 11) is 0. The van der Waals surface area contributed by atoms with E-state index in [1.807, 2.05) is 42.5 Å². The maximum Gasteiger partial charge on any atom is 0.120 e. The zero-order chi connectivity index (χ0) is 14.9. The minimum absolute atomic E-state index is 0.286. The van der Waals surface area contributed by atoms with Gasteiger partial charge in [0.1, 0.15) is 18.5 Å². The van der Waals surface area contributed by atoms with E-state index in [-0.39, 0.29) is 6.61 Å². The molecule has 2 rings (SSSR count). The van der Waals surface area contributed by atoms with Crippen molar-refractivity contribution in [3.8, 4) is 5.75 Å². The van der Waals surface area contributed by atoms with Crippen molar-refractivity contribution in [2.45, 2.75) is 12.5 Å². The molecule has 0 radical (unpaired) electrons. The summed E-state index contributed by atoms with van der Waals surface area (Å²) in [6.45, 7) is 1.66. The van der Waals surface area contributed by atoms with Gasteiger partial charge in [-0.15, -0.1) is 0 Å². The monoisotopic (exact) mass is 349 g/mol. The summed E-state index contributed by atoms with van der Waals surface area (Å²) >= 11 is 3.39. The van der Waals surface area contributed by atoms with Gasteiger partial charge < -0.3 is 15.2 Å². The molecule has 0 aliphatic carbocycles. The minimum Gasteiger partial charge on any atom is -0.491 e. The van der Waals surface area contributed by atoms with Crippen LogP contribution in [0.4, 0.5) is 0 Å². The van der Waals surface area contributed by atoms with E-state index in [9.17, 15) is 5.11 Å². The van der Waals surface area contributed by atoms with Crippen LogP contribution in [-0.2, 0) is 6.42 Å². The first kappa shape index (κ1) is 16.0. The summed E-state index contributed by atoms with van der Waals surface area (Å²) in [5.41, 5.74) is 1.30. The number of nitrogens with one attached hydrogen (secondary N) is 1. The number of benzene rings is 2. The molecule has 21 heavy (non-hydrogen) atoms. The van der Waals surface area contributed by atoms with Gasteiger partial charge in [-0.2, -0.15) is 0 Å². The second-order valence-electron chi connectivity index (χ2n) is 4.86. The zero-order valence-corrected chi connectivity index (χ0v) is 13.4. The summed E-state index contributed by atoms with van der Waals surface area (Å²) in [5, 5.41) is 13.1. The number of rotatable bonds is 8. The number of aliphatic hydroxyl groups is 1. The molecular formula is C17H20BrNO2. The van der Waals surface area contributed by atoms with E-state index >= 15 is 0 Å². The largest absolute Gasteiger partial charge is 0.491 e. The number of aliphatic hydroxyl groups excluding tert-OH is 1. The molecule has 0 spiro atoms. The molecule has 0 heterocycles. The first-order valence-corrected chi connectivity index (χ1v) is 7.84. The van der Waals surface area contributed by atoms with Crippen LogP contribution in [-0.4, -0.2) is 30.9 Å². The first-order chi connectivity index (χ1) is 10.2. The van der Waals surface area contributed by atoms with Gasteiger partial charge in [0.15, 0.2) is 0 Å². The highest BCUT2D eigenvalue weighted by Gasteiger charge is 2.05. The molecular weight excluding hydrogens is 330 g/mol. The van der Waals surface area contributed by atoms with Crippen LogP contribution in [0.15, 0.2) is 59.1 Å². The number of halogens is 1. The third kappa shape index (κ3) is 6.29. The van der Waals surface area contributed by atoms with Gasteiger partial charge in [0.05, 0.1) is 0 Å². The van der Waals surface area contributed by atoms with E-state index in [1.165, 1.54) is 5.56 Å². The fraction of sp³-hybridized carbons (Fsp3) is 0.294. The van der Waals surface area contributed by atoms with E-state index in [4.69, 9.17) is 4.74 Å². The van der Waals surface area contributed by atoms with Crippen molar-refractivity contribution >= 4 is 15.9 Å². The molecule has 0 aromatic heterocycles. The summed E-state index contributed by atoms with van der Waals surface area (Å²) in [6, 6.07) is 17.9. The van der Waals surface area contributed by atoms with Gasteiger partial charge in [-0.25, -0.2) is 0 Å². The number of ether oxygens (including phenoxy) is 1. The maximum atomic E-state index is 9.88. The zero-order valence-electron chi connectivity index (χ0n) is 11.8. The maximum absolute atomic E-state index is 9.88. The topological polar surface area (TPSA) is 41.5 Å². The third-order valence-corrected chi connectivity index (χ3v) is 3.54. The summed E-state index contributed by atoms with van der Waals surface area (Å²) in [4.78, 5) is 0. The Kier molecular flexibility index (Phi) is 6.73. The molecule has 2 aromatic rings. The predicted molar refractivity (Wildman–Crippen MR) is 88.7 cm³/mol. The molecule has 1 unspecified atom stereocenters. The van der Waals surface area contributed by atoms with Crippen LogP contribution in [0.5, 0.6) is 5.75 Å². The van der Waals surface area contributed by atoms with Crippen LogP contribution < -0.4 is 10.1 Å². The fourth-order valence-corrected chi connectivity index (χ4v) is 2.33. The first-order valence-electron chi connectivity index (χ1n) is 7.05. The van der Waals surface area contributed by atoms with Crippen molar-refractivity contribution in [1.29, 1.82) is 0 Å². The van der Waals surface area contributed by atoms with Gasteiger partial charge >= 0.3 is 0 Å².